The number of carbonyl (C=O) groups is 1. The second kappa shape index (κ2) is 19.8. The Balaban J connectivity index is 3.04. The summed E-state index contributed by atoms with van der Waals surface area (Å²) >= 11 is 0. The average Bonchev–Trinajstić information content (AvgIpc) is 2.63. The van der Waals surface area contributed by atoms with Crippen LogP contribution in [0.15, 0.2) is 0 Å². The Labute approximate surface area is 156 Å². The minimum atomic E-state index is -0.0738. The molecule has 3 nitrogen and oxygen atoms in total. The highest BCUT2D eigenvalue weighted by Gasteiger charge is 2.00. The van der Waals surface area contributed by atoms with Crippen LogP contribution in [-0.2, 0) is 9.53 Å². The smallest absolute Gasteiger partial charge is 0.305 e. The molecule has 0 aliphatic rings. The third-order valence-electron chi connectivity index (χ3n) is 5.12. The van der Waals surface area contributed by atoms with Gasteiger partial charge >= 0.3 is 5.97 Å². The van der Waals surface area contributed by atoms with Gasteiger partial charge in [0.05, 0.1) is 13.2 Å². The Bertz CT molecular complexity index is 278. The number of esters is 1. The Kier molecular flexibility index (Phi) is 19.3. The lowest BCUT2D eigenvalue weighted by Gasteiger charge is -2.06. The summed E-state index contributed by atoms with van der Waals surface area (Å²) in [5.74, 6) is -0.0738. The molecule has 0 aliphatic carbocycles. The number of hydrogen-bond acceptors (Lipinski definition) is 3. The molecule has 25 heavy (non-hydrogen) atoms. The van der Waals surface area contributed by atoms with E-state index < -0.39 is 0 Å². The number of methoxy groups -OCH3 is 1. The molecule has 0 fully saturated rings. The van der Waals surface area contributed by atoms with Gasteiger partial charge in [0.2, 0.25) is 0 Å². The lowest BCUT2D eigenvalue weighted by atomic mass is 10.0. The van der Waals surface area contributed by atoms with Crippen LogP contribution in [0.25, 0.3) is 0 Å². The maximum absolute atomic E-state index is 11.0. The number of hydrogen-bond donors (Lipinski definition) is 1. The van der Waals surface area contributed by atoms with Crippen molar-refractivity contribution in [3.8, 4) is 0 Å². The van der Waals surface area contributed by atoms with E-state index in [1.807, 2.05) is 0 Å². The molecular weight excluding hydrogens is 312 g/mol. The van der Waals surface area contributed by atoms with Gasteiger partial charge in [-0.1, -0.05) is 96.8 Å². The van der Waals surface area contributed by atoms with Crippen molar-refractivity contribution in [3.63, 3.8) is 0 Å². The summed E-state index contributed by atoms with van der Waals surface area (Å²) in [6, 6.07) is 0. The number of aliphatic hydroxyl groups excluding tert-OH is 1. The first-order valence-corrected chi connectivity index (χ1v) is 11.0. The minimum Gasteiger partial charge on any atom is -0.469 e. The summed E-state index contributed by atoms with van der Waals surface area (Å²) in [4.78, 5) is 11.0. The summed E-state index contributed by atoms with van der Waals surface area (Å²) in [6.45, 7) is 2.05. The minimum absolute atomic E-state index is 0.0696. The van der Waals surface area contributed by atoms with Gasteiger partial charge in [-0.15, -0.1) is 0 Å². The fraction of sp³-hybridized carbons (Fsp3) is 0.955. The lowest BCUT2D eigenvalue weighted by molar-refractivity contribution is -0.140. The van der Waals surface area contributed by atoms with E-state index in [4.69, 9.17) is 0 Å². The number of unbranched alkanes of at least 4 members (excludes halogenated alkanes) is 14. The van der Waals surface area contributed by atoms with E-state index in [1.165, 1.54) is 90.6 Å². The van der Waals surface area contributed by atoms with Crippen LogP contribution in [0.1, 0.15) is 122 Å². The predicted molar refractivity (Wildman–Crippen MR) is 107 cm³/mol. The molecule has 0 amide bonds. The first-order chi connectivity index (χ1) is 12.2. The van der Waals surface area contributed by atoms with Crippen LogP contribution >= 0.6 is 0 Å². The van der Waals surface area contributed by atoms with Gasteiger partial charge in [-0.05, 0) is 19.3 Å². The molecule has 0 aromatic heterocycles. The molecule has 0 aromatic carbocycles. The van der Waals surface area contributed by atoms with Crippen molar-refractivity contribution >= 4 is 5.97 Å². The van der Waals surface area contributed by atoms with Crippen LogP contribution in [0.5, 0.6) is 0 Å². The standard InChI is InChI=1S/C22H44O3/c1-3-21(23)19-17-15-13-11-9-7-5-4-6-8-10-12-14-16-18-20-22(24)25-2/h21,23H,3-20H2,1-2H3. The fourth-order valence-corrected chi connectivity index (χ4v) is 3.25. The molecule has 0 radical (unpaired) electrons. The third-order valence-corrected chi connectivity index (χ3v) is 5.12. The Morgan fingerprint density at radius 1 is 0.720 bits per heavy atom. The van der Waals surface area contributed by atoms with E-state index in [0.29, 0.717) is 6.42 Å². The predicted octanol–water partition coefficient (Wildman–Crippen LogP) is 6.56. The van der Waals surface area contributed by atoms with E-state index in [2.05, 4.69) is 11.7 Å². The van der Waals surface area contributed by atoms with E-state index in [9.17, 15) is 9.90 Å². The lowest BCUT2D eigenvalue weighted by Crippen LogP contribution is -2.03. The molecule has 0 saturated carbocycles. The quantitative estimate of drug-likeness (QED) is 0.210. The van der Waals surface area contributed by atoms with E-state index in [0.717, 1.165) is 25.7 Å². The summed E-state index contributed by atoms with van der Waals surface area (Å²) in [7, 11) is 1.46. The summed E-state index contributed by atoms with van der Waals surface area (Å²) in [5.41, 5.74) is 0. The normalized spacial score (nSPS) is 12.3. The molecule has 3 heteroatoms. The zero-order chi connectivity index (χ0) is 18.6. The maximum atomic E-state index is 11.0. The summed E-state index contributed by atoms with van der Waals surface area (Å²) in [6.07, 6.45) is 22.0. The van der Waals surface area contributed by atoms with Gasteiger partial charge in [0.1, 0.15) is 0 Å². The zero-order valence-corrected chi connectivity index (χ0v) is 17.1. The highest BCUT2D eigenvalue weighted by atomic mass is 16.5. The highest BCUT2D eigenvalue weighted by Crippen LogP contribution is 2.14. The molecular formula is C22H44O3. The monoisotopic (exact) mass is 356 g/mol. The Morgan fingerprint density at radius 2 is 1.08 bits per heavy atom. The van der Waals surface area contributed by atoms with Gasteiger partial charge < -0.3 is 9.84 Å². The molecule has 0 spiro atoms. The van der Waals surface area contributed by atoms with Crippen LogP contribution in [0.3, 0.4) is 0 Å². The second-order valence-corrected chi connectivity index (χ2v) is 7.48. The molecule has 1 unspecified atom stereocenters. The van der Waals surface area contributed by atoms with E-state index >= 15 is 0 Å². The van der Waals surface area contributed by atoms with Crippen LogP contribution in [0.2, 0.25) is 0 Å². The van der Waals surface area contributed by atoms with E-state index in [1.54, 1.807) is 0 Å². The first-order valence-electron chi connectivity index (χ1n) is 11.0. The fourth-order valence-electron chi connectivity index (χ4n) is 3.25. The van der Waals surface area contributed by atoms with Gasteiger partial charge in [0.25, 0.3) is 0 Å². The van der Waals surface area contributed by atoms with Crippen molar-refractivity contribution in [1.29, 1.82) is 0 Å². The van der Waals surface area contributed by atoms with Gasteiger partial charge in [-0.3, -0.25) is 4.79 Å². The van der Waals surface area contributed by atoms with Crippen molar-refractivity contribution in [1.82, 2.24) is 0 Å². The largest absolute Gasteiger partial charge is 0.469 e. The van der Waals surface area contributed by atoms with Crippen molar-refractivity contribution < 1.29 is 14.6 Å². The third kappa shape index (κ3) is 19.6. The molecule has 0 bridgehead atoms. The van der Waals surface area contributed by atoms with Gasteiger partial charge in [-0.2, -0.15) is 0 Å². The van der Waals surface area contributed by atoms with Crippen LogP contribution in [0, 0.1) is 0 Å². The zero-order valence-electron chi connectivity index (χ0n) is 17.1. The van der Waals surface area contributed by atoms with Gasteiger partial charge in [0, 0.05) is 6.42 Å². The van der Waals surface area contributed by atoms with Crippen molar-refractivity contribution in [2.24, 2.45) is 0 Å². The van der Waals surface area contributed by atoms with Gasteiger partial charge in [0.15, 0.2) is 0 Å². The number of ether oxygens (including phenoxy) is 1. The molecule has 1 atom stereocenters. The molecule has 0 aromatic rings. The van der Waals surface area contributed by atoms with Crippen molar-refractivity contribution in [2.45, 2.75) is 129 Å². The molecule has 0 rings (SSSR count). The summed E-state index contributed by atoms with van der Waals surface area (Å²) < 4.78 is 4.64. The Hall–Kier alpha value is -0.570. The maximum Gasteiger partial charge on any atom is 0.305 e. The van der Waals surface area contributed by atoms with Crippen molar-refractivity contribution in [3.05, 3.63) is 0 Å². The highest BCUT2D eigenvalue weighted by molar-refractivity contribution is 5.68. The summed E-state index contributed by atoms with van der Waals surface area (Å²) in [5, 5.41) is 9.49. The van der Waals surface area contributed by atoms with Crippen LogP contribution in [-0.4, -0.2) is 24.3 Å². The molecule has 150 valence electrons. The average molecular weight is 357 g/mol. The topological polar surface area (TPSA) is 46.5 Å². The number of rotatable bonds is 19. The SMILES string of the molecule is CCC(O)CCCCCCCCCCCCCCCCCC(=O)OC. The molecule has 0 saturated heterocycles. The second-order valence-electron chi connectivity index (χ2n) is 7.48. The molecule has 0 heterocycles. The first kappa shape index (κ1) is 24.4. The number of aliphatic hydroxyl groups is 1. The van der Waals surface area contributed by atoms with Crippen LogP contribution in [0.4, 0.5) is 0 Å². The van der Waals surface area contributed by atoms with Gasteiger partial charge in [-0.25, -0.2) is 0 Å². The van der Waals surface area contributed by atoms with Crippen molar-refractivity contribution in [2.75, 3.05) is 7.11 Å². The number of carbonyl (C=O) groups excluding carboxylic acids is 1. The molecule has 0 aliphatic heterocycles. The van der Waals surface area contributed by atoms with E-state index in [-0.39, 0.29) is 12.1 Å². The van der Waals surface area contributed by atoms with Crippen LogP contribution < -0.4 is 0 Å². The molecule has 1 N–H and O–H groups in total. The Morgan fingerprint density at radius 3 is 1.44 bits per heavy atom.